The molecule has 0 bridgehead atoms. The van der Waals surface area contributed by atoms with Gasteiger partial charge in [0.1, 0.15) is 0 Å². The maximum absolute atomic E-state index is 5.81. The van der Waals surface area contributed by atoms with E-state index in [0.717, 1.165) is 10.6 Å². The second-order valence-electron chi connectivity index (χ2n) is 4.89. The number of nitrogens with zero attached hydrogens (tertiary/aromatic N) is 1. The van der Waals surface area contributed by atoms with Crippen LogP contribution in [0, 0.1) is 6.92 Å². The summed E-state index contributed by atoms with van der Waals surface area (Å²) in [5, 5.41) is 1.10. The molecule has 1 aromatic rings. The molecule has 0 aliphatic carbocycles. The molecular formula is C12H20N2S. The van der Waals surface area contributed by atoms with Gasteiger partial charge in [0.05, 0.1) is 5.03 Å². The van der Waals surface area contributed by atoms with Crippen molar-refractivity contribution in [1.82, 2.24) is 4.98 Å². The van der Waals surface area contributed by atoms with E-state index in [9.17, 15) is 0 Å². The first kappa shape index (κ1) is 12.5. The van der Waals surface area contributed by atoms with Crippen LogP contribution in [0.2, 0.25) is 0 Å². The standard InChI is InChI=1S/C12H20N2S/c1-8-6-10(9(2)13)7-14-11(8)15-12(3,4)5/h6-7,9H,13H2,1-5H3/t9-/m0/s1. The van der Waals surface area contributed by atoms with Crippen LogP contribution in [0.1, 0.15) is 44.9 Å². The van der Waals surface area contributed by atoms with Gasteiger partial charge in [-0.2, -0.15) is 0 Å². The van der Waals surface area contributed by atoms with E-state index in [4.69, 9.17) is 5.73 Å². The molecule has 0 radical (unpaired) electrons. The number of pyridine rings is 1. The van der Waals surface area contributed by atoms with Crippen molar-refractivity contribution in [3.63, 3.8) is 0 Å². The van der Waals surface area contributed by atoms with Crippen molar-refractivity contribution in [1.29, 1.82) is 0 Å². The third-order valence-corrected chi connectivity index (χ3v) is 3.21. The highest BCUT2D eigenvalue weighted by molar-refractivity contribution is 8.00. The average Bonchev–Trinajstić information content (AvgIpc) is 2.05. The molecule has 0 aliphatic heterocycles. The summed E-state index contributed by atoms with van der Waals surface area (Å²) in [6, 6.07) is 2.19. The number of hydrogen-bond donors (Lipinski definition) is 1. The van der Waals surface area contributed by atoms with Crippen LogP contribution < -0.4 is 5.73 Å². The van der Waals surface area contributed by atoms with Gasteiger partial charge in [-0.15, -0.1) is 11.8 Å². The molecular weight excluding hydrogens is 204 g/mol. The van der Waals surface area contributed by atoms with Crippen molar-refractivity contribution in [2.24, 2.45) is 5.73 Å². The predicted molar refractivity (Wildman–Crippen MR) is 67.2 cm³/mol. The number of thioether (sulfide) groups is 1. The van der Waals surface area contributed by atoms with Gasteiger partial charge in [-0.1, -0.05) is 26.8 Å². The normalized spacial score (nSPS) is 14.0. The zero-order chi connectivity index (χ0) is 11.6. The molecule has 0 spiro atoms. The Morgan fingerprint density at radius 2 is 2.00 bits per heavy atom. The molecule has 1 aromatic heterocycles. The fraction of sp³-hybridized carbons (Fsp3) is 0.583. The Morgan fingerprint density at radius 3 is 2.40 bits per heavy atom. The minimum atomic E-state index is 0.0601. The molecule has 0 unspecified atom stereocenters. The van der Waals surface area contributed by atoms with Gasteiger partial charge in [0.15, 0.2) is 0 Å². The zero-order valence-corrected chi connectivity index (χ0v) is 11.0. The van der Waals surface area contributed by atoms with Crippen LogP contribution in [0.5, 0.6) is 0 Å². The van der Waals surface area contributed by atoms with Gasteiger partial charge in [0, 0.05) is 17.0 Å². The van der Waals surface area contributed by atoms with Gasteiger partial charge in [0.25, 0.3) is 0 Å². The molecule has 1 atom stereocenters. The van der Waals surface area contributed by atoms with E-state index >= 15 is 0 Å². The first-order chi connectivity index (χ1) is 6.79. The van der Waals surface area contributed by atoms with Crippen LogP contribution in [0.3, 0.4) is 0 Å². The third-order valence-electron chi connectivity index (χ3n) is 1.98. The van der Waals surface area contributed by atoms with Crippen LogP contribution in [-0.4, -0.2) is 9.73 Å². The Bertz CT molecular complexity index is 340. The lowest BCUT2D eigenvalue weighted by Gasteiger charge is -2.18. The molecule has 15 heavy (non-hydrogen) atoms. The van der Waals surface area contributed by atoms with E-state index in [1.165, 1.54) is 5.56 Å². The Balaban J connectivity index is 2.94. The van der Waals surface area contributed by atoms with Gasteiger partial charge in [0.2, 0.25) is 0 Å². The Labute approximate surface area is 96.7 Å². The third kappa shape index (κ3) is 3.84. The van der Waals surface area contributed by atoms with Crippen molar-refractivity contribution < 1.29 is 0 Å². The molecule has 0 saturated heterocycles. The maximum Gasteiger partial charge on any atom is 0.0994 e. The summed E-state index contributed by atoms with van der Waals surface area (Å²) in [6.45, 7) is 10.6. The SMILES string of the molecule is Cc1cc([C@H](C)N)cnc1SC(C)(C)C. The Hall–Kier alpha value is -0.540. The summed E-state index contributed by atoms with van der Waals surface area (Å²) in [7, 11) is 0. The monoisotopic (exact) mass is 224 g/mol. The van der Waals surface area contributed by atoms with Gasteiger partial charge >= 0.3 is 0 Å². The lowest BCUT2D eigenvalue weighted by atomic mass is 10.1. The lowest BCUT2D eigenvalue weighted by molar-refractivity contribution is 0.788. The summed E-state index contributed by atoms with van der Waals surface area (Å²) in [5.41, 5.74) is 8.13. The molecule has 1 rings (SSSR count). The van der Waals surface area contributed by atoms with Gasteiger partial charge < -0.3 is 5.73 Å². The Morgan fingerprint density at radius 1 is 1.40 bits per heavy atom. The smallest absolute Gasteiger partial charge is 0.0994 e. The van der Waals surface area contributed by atoms with Crippen molar-refractivity contribution >= 4 is 11.8 Å². The number of aromatic nitrogens is 1. The maximum atomic E-state index is 5.81. The summed E-state index contributed by atoms with van der Waals surface area (Å²) >= 11 is 1.80. The molecule has 0 saturated carbocycles. The first-order valence-corrected chi connectivity index (χ1v) is 6.02. The summed E-state index contributed by atoms with van der Waals surface area (Å²) < 4.78 is 0.202. The minimum absolute atomic E-state index is 0.0601. The van der Waals surface area contributed by atoms with Crippen LogP contribution in [0.25, 0.3) is 0 Å². The van der Waals surface area contributed by atoms with Crippen molar-refractivity contribution in [3.8, 4) is 0 Å². The molecule has 1 heterocycles. The second-order valence-corrected chi connectivity index (χ2v) is 6.71. The van der Waals surface area contributed by atoms with Crippen LogP contribution in [-0.2, 0) is 0 Å². The predicted octanol–water partition coefficient (Wildman–Crippen LogP) is 3.30. The van der Waals surface area contributed by atoms with E-state index in [-0.39, 0.29) is 10.8 Å². The molecule has 2 N–H and O–H groups in total. The molecule has 2 nitrogen and oxygen atoms in total. The molecule has 3 heteroatoms. The topological polar surface area (TPSA) is 38.9 Å². The van der Waals surface area contributed by atoms with E-state index in [0.29, 0.717) is 0 Å². The highest BCUT2D eigenvalue weighted by atomic mass is 32.2. The van der Waals surface area contributed by atoms with Gasteiger partial charge in [-0.25, -0.2) is 4.98 Å². The molecule has 0 amide bonds. The largest absolute Gasteiger partial charge is 0.324 e. The average molecular weight is 224 g/mol. The van der Waals surface area contributed by atoms with Crippen LogP contribution in [0.4, 0.5) is 0 Å². The Kier molecular flexibility index (Phi) is 3.79. The molecule has 0 aromatic carbocycles. The summed E-state index contributed by atoms with van der Waals surface area (Å²) in [6.07, 6.45) is 1.88. The first-order valence-electron chi connectivity index (χ1n) is 5.21. The van der Waals surface area contributed by atoms with E-state index < -0.39 is 0 Å². The van der Waals surface area contributed by atoms with Gasteiger partial charge in [-0.05, 0) is 25.0 Å². The highest BCUT2D eigenvalue weighted by Crippen LogP contribution is 2.32. The zero-order valence-electron chi connectivity index (χ0n) is 10.2. The van der Waals surface area contributed by atoms with Crippen LogP contribution in [0.15, 0.2) is 17.3 Å². The second kappa shape index (κ2) is 4.54. The number of nitrogens with two attached hydrogens (primary N) is 1. The quantitative estimate of drug-likeness (QED) is 0.783. The minimum Gasteiger partial charge on any atom is -0.324 e. The van der Waals surface area contributed by atoms with Crippen molar-refractivity contribution in [3.05, 3.63) is 23.4 Å². The van der Waals surface area contributed by atoms with Crippen molar-refractivity contribution in [2.75, 3.05) is 0 Å². The van der Waals surface area contributed by atoms with Crippen LogP contribution >= 0.6 is 11.8 Å². The summed E-state index contributed by atoms with van der Waals surface area (Å²) in [4.78, 5) is 4.47. The lowest BCUT2D eigenvalue weighted by Crippen LogP contribution is -2.10. The fourth-order valence-electron chi connectivity index (χ4n) is 1.23. The summed E-state index contributed by atoms with van der Waals surface area (Å²) in [5.74, 6) is 0. The number of aryl methyl sites for hydroxylation is 1. The van der Waals surface area contributed by atoms with E-state index in [2.05, 4.69) is 38.7 Å². The molecule has 0 aliphatic rings. The number of rotatable bonds is 2. The van der Waals surface area contributed by atoms with Crippen molar-refractivity contribution in [2.45, 2.75) is 50.4 Å². The number of hydrogen-bond acceptors (Lipinski definition) is 3. The highest BCUT2D eigenvalue weighted by Gasteiger charge is 2.15. The molecule has 84 valence electrons. The van der Waals surface area contributed by atoms with Gasteiger partial charge in [-0.3, -0.25) is 0 Å². The van der Waals surface area contributed by atoms with E-state index in [1.54, 1.807) is 11.8 Å². The van der Waals surface area contributed by atoms with E-state index in [1.807, 2.05) is 13.1 Å². The molecule has 0 fully saturated rings. The fourth-order valence-corrected chi connectivity index (χ4v) is 2.14.